The molecule has 0 spiro atoms. The Bertz CT molecular complexity index is 815. The van der Waals surface area contributed by atoms with Crippen LogP contribution in [-0.2, 0) is 0 Å². The Balaban J connectivity index is 2.08. The Hall–Kier alpha value is -3.14. The van der Waals surface area contributed by atoms with Crippen molar-refractivity contribution in [3.05, 3.63) is 72.6 Å². The van der Waals surface area contributed by atoms with E-state index in [9.17, 15) is 4.79 Å². The molecule has 108 valence electrons. The summed E-state index contributed by atoms with van der Waals surface area (Å²) in [5, 5.41) is 3.31. The lowest BCUT2D eigenvalue weighted by Gasteiger charge is -2.14. The summed E-state index contributed by atoms with van der Waals surface area (Å²) in [6, 6.07) is 17.1. The number of nitrogens with two attached hydrogens (primary N) is 1. The zero-order valence-electron chi connectivity index (χ0n) is 11.9. The number of hydrogen-bond acceptors (Lipinski definition) is 4. The second-order valence-electron chi connectivity index (χ2n) is 4.84. The molecule has 2 aromatic carbocycles. The van der Waals surface area contributed by atoms with E-state index in [0.29, 0.717) is 11.3 Å². The van der Waals surface area contributed by atoms with Crippen LogP contribution in [0.15, 0.2) is 67.0 Å². The molecule has 1 heterocycles. The van der Waals surface area contributed by atoms with Crippen molar-refractivity contribution >= 4 is 23.3 Å². The van der Waals surface area contributed by atoms with Crippen LogP contribution >= 0.6 is 0 Å². The molecule has 0 fully saturated rings. The number of carbonyl (C=O) groups excluding carboxylic acids is 1. The minimum atomic E-state index is 0.570. The summed E-state index contributed by atoms with van der Waals surface area (Å²) >= 11 is 0. The molecule has 0 saturated heterocycles. The van der Waals surface area contributed by atoms with E-state index in [2.05, 4.69) is 10.3 Å². The number of hydrogen-bond donors (Lipinski definition) is 2. The predicted octanol–water partition coefficient (Wildman–Crippen LogP) is 3.89. The number of aromatic nitrogens is 1. The van der Waals surface area contributed by atoms with Crippen LogP contribution in [0.3, 0.4) is 0 Å². The molecule has 22 heavy (non-hydrogen) atoms. The van der Waals surface area contributed by atoms with Crippen molar-refractivity contribution in [2.24, 2.45) is 0 Å². The number of pyridine rings is 1. The van der Waals surface area contributed by atoms with E-state index in [-0.39, 0.29) is 0 Å². The van der Waals surface area contributed by atoms with Gasteiger partial charge in [0, 0.05) is 23.0 Å². The van der Waals surface area contributed by atoms with E-state index in [1.807, 2.05) is 48.5 Å². The number of nitrogens with one attached hydrogen (secondary N) is 1. The maximum Gasteiger partial charge on any atom is 0.150 e. The molecule has 0 bridgehead atoms. The fourth-order valence-electron chi connectivity index (χ4n) is 2.34. The monoisotopic (exact) mass is 289 g/mol. The lowest BCUT2D eigenvalue weighted by atomic mass is 9.98. The van der Waals surface area contributed by atoms with Gasteiger partial charge in [0.05, 0.1) is 17.6 Å². The van der Waals surface area contributed by atoms with E-state index >= 15 is 0 Å². The zero-order chi connectivity index (χ0) is 15.4. The van der Waals surface area contributed by atoms with E-state index < -0.39 is 0 Å². The van der Waals surface area contributed by atoms with Gasteiger partial charge in [-0.05, 0) is 17.7 Å². The largest absolute Gasteiger partial charge is 0.396 e. The lowest BCUT2D eigenvalue weighted by Crippen LogP contribution is -1.99. The summed E-state index contributed by atoms with van der Waals surface area (Å²) in [6.07, 6.45) is 4.15. The standard InChI is InChI=1S/C18H15N3O/c19-16-11-20-10-9-18(16)21-17-8-4-3-7-15(17)14-6-2-1-5-13(14)12-22/h1-12H,19H2,(H,20,21). The zero-order valence-corrected chi connectivity index (χ0v) is 11.9. The van der Waals surface area contributed by atoms with Crippen molar-refractivity contribution < 1.29 is 4.79 Å². The van der Waals surface area contributed by atoms with E-state index in [1.54, 1.807) is 18.5 Å². The molecule has 0 saturated carbocycles. The Kier molecular flexibility index (Phi) is 3.83. The van der Waals surface area contributed by atoms with E-state index in [1.165, 1.54) is 0 Å². The number of nitrogen functional groups attached to an aromatic ring is 1. The molecule has 1 aromatic heterocycles. The summed E-state index contributed by atoms with van der Waals surface area (Å²) in [5.41, 5.74) is 10.7. The number of aldehydes is 1. The van der Waals surface area contributed by atoms with Gasteiger partial charge in [-0.15, -0.1) is 0 Å². The van der Waals surface area contributed by atoms with Gasteiger partial charge in [-0.1, -0.05) is 42.5 Å². The second kappa shape index (κ2) is 6.10. The van der Waals surface area contributed by atoms with Gasteiger partial charge in [0.2, 0.25) is 0 Å². The van der Waals surface area contributed by atoms with Crippen LogP contribution in [0.4, 0.5) is 17.1 Å². The molecule has 0 aliphatic rings. The van der Waals surface area contributed by atoms with E-state index in [0.717, 1.165) is 28.8 Å². The number of benzene rings is 2. The molecule has 0 radical (unpaired) electrons. The summed E-state index contributed by atoms with van der Waals surface area (Å²) < 4.78 is 0. The number of anilines is 3. The average Bonchev–Trinajstić information content (AvgIpc) is 2.57. The van der Waals surface area contributed by atoms with Crippen molar-refractivity contribution in [2.45, 2.75) is 0 Å². The Labute approximate surface area is 128 Å². The third-order valence-corrected chi connectivity index (χ3v) is 3.43. The van der Waals surface area contributed by atoms with Crippen molar-refractivity contribution in [2.75, 3.05) is 11.1 Å². The minimum absolute atomic E-state index is 0.570. The molecular weight excluding hydrogens is 274 g/mol. The van der Waals surface area contributed by atoms with Gasteiger partial charge in [-0.25, -0.2) is 0 Å². The van der Waals surface area contributed by atoms with Gasteiger partial charge < -0.3 is 11.1 Å². The van der Waals surface area contributed by atoms with Crippen molar-refractivity contribution in [3.8, 4) is 11.1 Å². The highest BCUT2D eigenvalue weighted by atomic mass is 16.1. The molecule has 4 heteroatoms. The van der Waals surface area contributed by atoms with Crippen LogP contribution in [0, 0.1) is 0 Å². The Morgan fingerprint density at radius 2 is 1.64 bits per heavy atom. The first-order valence-electron chi connectivity index (χ1n) is 6.89. The van der Waals surface area contributed by atoms with Crippen LogP contribution < -0.4 is 11.1 Å². The maximum absolute atomic E-state index is 11.3. The third-order valence-electron chi connectivity index (χ3n) is 3.43. The minimum Gasteiger partial charge on any atom is -0.396 e. The quantitative estimate of drug-likeness (QED) is 0.715. The van der Waals surface area contributed by atoms with Gasteiger partial charge in [0.15, 0.2) is 6.29 Å². The fraction of sp³-hybridized carbons (Fsp3) is 0. The average molecular weight is 289 g/mol. The van der Waals surface area contributed by atoms with E-state index in [4.69, 9.17) is 5.73 Å². The number of para-hydroxylation sites is 1. The molecule has 3 aromatic rings. The van der Waals surface area contributed by atoms with Crippen LogP contribution in [0.2, 0.25) is 0 Å². The number of nitrogens with zero attached hydrogens (tertiary/aromatic N) is 1. The van der Waals surface area contributed by atoms with Crippen LogP contribution in [0.25, 0.3) is 11.1 Å². The first kappa shape index (κ1) is 13.8. The number of carbonyl (C=O) groups is 1. The highest BCUT2D eigenvalue weighted by Crippen LogP contribution is 2.33. The highest BCUT2D eigenvalue weighted by Gasteiger charge is 2.09. The smallest absolute Gasteiger partial charge is 0.150 e. The van der Waals surface area contributed by atoms with Gasteiger partial charge in [-0.2, -0.15) is 0 Å². The van der Waals surface area contributed by atoms with Gasteiger partial charge in [0.25, 0.3) is 0 Å². The third kappa shape index (κ3) is 2.67. The van der Waals surface area contributed by atoms with Gasteiger partial charge >= 0.3 is 0 Å². The summed E-state index contributed by atoms with van der Waals surface area (Å²) in [5.74, 6) is 0. The molecule has 3 N–H and O–H groups in total. The normalized spacial score (nSPS) is 10.2. The second-order valence-corrected chi connectivity index (χ2v) is 4.84. The van der Waals surface area contributed by atoms with Gasteiger partial charge in [0.1, 0.15) is 0 Å². The summed E-state index contributed by atoms with van der Waals surface area (Å²) in [6.45, 7) is 0. The maximum atomic E-state index is 11.3. The Morgan fingerprint density at radius 1 is 0.909 bits per heavy atom. The first-order chi connectivity index (χ1) is 10.8. The fourth-order valence-corrected chi connectivity index (χ4v) is 2.34. The van der Waals surface area contributed by atoms with Crippen LogP contribution in [0.5, 0.6) is 0 Å². The molecule has 0 aliphatic carbocycles. The molecule has 4 nitrogen and oxygen atoms in total. The van der Waals surface area contributed by atoms with Gasteiger partial charge in [-0.3, -0.25) is 9.78 Å². The van der Waals surface area contributed by atoms with Crippen molar-refractivity contribution in [1.29, 1.82) is 0 Å². The van der Waals surface area contributed by atoms with Crippen LogP contribution in [-0.4, -0.2) is 11.3 Å². The lowest BCUT2D eigenvalue weighted by molar-refractivity contribution is 0.112. The molecule has 0 amide bonds. The first-order valence-corrected chi connectivity index (χ1v) is 6.89. The molecule has 3 rings (SSSR count). The highest BCUT2D eigenvalue weighted by molar-refractivity contribution is 5.92. The molecule has 0 aliphatic heterocycles. The Morgan fingerprint density at radius 3 is 2.41 bits per heavy atom. The number of rotatable bonds is 4. The van der Waals surface area contributed by atoms with Crippen molar-refractivity contribution in [1.82, 2.24) is 4.98 Å². The molecule has 0 unspecified atom stereocenters. The van der Waals surface area contributed by atoms with Crippen LogP contribution in [0.1, 0.15) is 10.4 Å². The molecular formula is C18H15N3O. The topological polar surface area (TPSA) is 68.0 Å². The summed E-state index contributed by atoms with van der Waals surface area (Å²) in [4.78, 5) is 15.3. The SMILES string of the molecule is Nc1cnccc1Nc1ccccc1-c1ccccc1C=O. The summed E-state index contributed by atoms with van der Waals surface area (Å²) in [7, 11) is 0. The predicted molar refractivity (Wildman–Crippen MR) is 89.2 cm³/mol. The van der Waals surface area contributed by atoms with Crippen molar-refractivity contribution in [3.63, 3.8) is 0 Å². The molecule has 0 atom stereocenters.